The summed E-state index contributed by atoms with van der Waals surface area (Å²) in [5.74, 6) is 0.0717. The highest BCUT2D eigenvalue weighted by Gasteiger charge is 2.36. The Morgan fingerprint density at radius 2 is 1.56 bits per heavy atom. The molecule has 16 heavy (non-hydrogen) atoms. The second-order valence-corrected chi connectivity index (χ2v) is 5.11. The molecule has 0 atom stereocenters. The molecule has 1 saturated carbocycles. The summed E-state index contributed by atoms with van der Waals surface area (Å²) in [4.78, 5) is 23.0. The van der Waals surface area contributed by atoms with Crippen molar-refractivity contribution in [2.45, 2.75) is 31.6 Å². The van der Waals surface area contributed by atoms with Crippen molar-refractivity contribution < 1.29 is 9.59 Å². The molecule has 0 heterocycles. The summed E-state index contributed by atoms with van der Waals surface area (Å²) in [7, 11) is 0. The van der Waals surface area contributed by atoms with E-state index in [2.05, 4.69) is 0 Å². The lowest BCUT2D eigenvalue weighted by Gasteiger charge is -2.32. The summed E-state index contributed by atoms with van der Waals surface area (Å²) < 4.78 is 0. The van der Waals surface area contributed by atoms with Crippen LogP contribution in [0.25, 0.3) is 0 Å². The SMILES string of the molecule is CC1(c2ccc(Cl)cc2)CC(=O)CC(=O)C1. The van der Waals surface area contributed by atoms with E-state index < -0.39 is 0 Å². The number of ketones is 2. The number of rotatable bonds is 1. The maximum atomic E-state index is 11.5. The minimum atomic E-state index is -0.350. The molecule has 1 aromatic rings. The molecule has 2 rings (SSSR count). The van der Waals surface area contributed by atoms with Gasteiger partial charge in [0.15, 0.2) is 0 Å². The first kappa shape index (κ1) is 11.3. The summed E-state index contributed by atoms with van der Waals surface area (Å²) in [6.07, 6.45) is 0.990. The van der Waals surface area contributed by atoms with Crippen LogP contribution in [-0.2, 0) is 15.0 Å². The minimum absolute atomic E-state index is 0.0358. The van der Waals surface area contributed by atoms with Crippen LogP contribution in [0.2, 0.25) is 5.02 Å². The average Bonchev–Trinajstić information content (AvgIpc) is 2.16. The predicted molar refractivity (Wildman–Crippen MR) is 62.7 cm³/mol. The Labute approximate surface area is 99.6 Å². The Balaban J connectivity index is 2.33. The van der Waals surface area contributed by atoms with E-state index in [1.807, 2.05) is 19.1 Å². The lowest BCUT2D eigenvalue weighted by molar-refractivity contribution is -0.131. The maximum Gasteiger partial charge on any atom is 0.141 e. The van der Waals surface area contributed by atoms with Crippen LogP contribution < -0.4 is 0 Å². The van der Waals surface area contributed by atoms with Gasteiger partial charge in [0.25, 0.3) is 0 Å². The van der Waals surface area contributed by atoms with Gasteiger partial charge in [-0.15, -0.1) is 0 Å². The third kappa shape index (κ3) is 2.17. The Morgan fingerprint density at radius 1 is 1.06 bits per heavy atom. The molecule has 1 aliphatic carbocycles. The van der Waals surface area contributed by atoms with Crippen LogP contribution in [0.15, 0.2) is 24.3 Å². The van der Waals surface area contributed by atoms with Crippen molar-refractivity contribution in [2.75, 3.05) is 0 Å². The van der Waals surface area contributed by atoms with Gasteiger partial charge < -0.3 is 0 Å². The molecule has 0 amide bonds. The standard InChI is InChI=1S/C13H13ClO2/c1-13(7-11(15)6-12(16)8-13)9-2-4-10(14)5-3-9/h2-5H,6-8H2,1H3. The molecule has 0 spiro atoms. The Bertz CT molecular complexity index is 418. The highest BCUT2D eigenvalue weighted by atomic mass is 35.5. The normalized spacial score (nSPS) is 19.9. The largest absolute Gasteiger partial charge is 0.299 e. The van der Waals surface area contributed by atoms with Crippen molar-refractivity contribution in [3.05, 3.63) is 34.9 Å². The van der Waals surface area contributed by atoms with Crippen LogP contribution in [0.3, 0.4) is 0 Å². The quantitative estimate of drug-likeness (QED) is 0.703. The topological polar surface area (TPSA) is 34.1 Å². The van der Waals surface area contributed by atoms with Gasteiger partial charge in [-0.3, -0.25) is 9.59 Å². The molecule has 0 radical (unpaired) electrons. The number of benzene rings is 1. The first-order valence-electron chi connectivity index (χ1n) is 5.29. The predicted octanol–water partition coefficient (Wildman–Crippen LogP) is 2.92. The summed E-state index contributed by atoms with van der Waals surface area (Å²) >= 11 is 5.82. The summed E-state index contributed by atoms with van der Waals surface area (Å²) in [6, 6.07) is 7.39. The third-order valence-electron chi connectivity index (χ3n) is 3.11. The number of Topliss-reactive ketones (excluding diaryl/α,β-unsaturated/α-hetero) is 2. The van der Waals surface area contributed by atoms with Crippen LogP contribution >= 0.6 is 11.6 Å². The number of carbonyl (C=O) groups is 2. The molecule has 3 heteroatoms. The fourth-order valence-electron chi connectivity index (χ4n) is 2.33. The molecule has 0 unspecified atom stereocenters. The molecule has 84 valence electrons. The van der Waals surface area contributed by atoms with Crippen LogP contribution in [0.1, 0.15) is 31.7 Å². The average molecular weight is 237 g/mol. The number of hydrogen-bond donors (Lipinski definition) is 0. The maximum absolute atomic E-state index is 11.5. The van der Waals surface area contributed by atoms with Crippen molar-refractivity contribution in [2.24, 2.45) is 0 Å². The van der Waals surface area contributed by atoms with E-state index in [-0.39, 0.29) is 23.4 Å². The zero-order valence-electron chi connectivity index (χ0n) is 9.13. The van der Waals surface area contributed by atoms with E-state index in [0.717, 1.165) is 5.56 Å². The number of halogens is 1. The van der Waals surface area contributed by atoms with Crippen LogP contribution in [-0.4, -0.2) is 11.6 Å². The Kier molecular flexibility index (Phi) is 2.85. The lowest BCUT2D eigenvalue weighted by atomic mass is 9.70. The molecule has 1 aromatic carbocycles. The molecule has 2 nitrogen and oxygen atoms in total. The van der Waals surface area contributed by atoms with Crippen LogP contribution in [0, 0.1) is 0 Å². The van der Waals surface area contributed by atoms with Crippen molar-refractivity contribution in [3.63, 3.8) is 0 Å². The van der Waals surface area contributed by atoms with E-state index in [9.17, 15) is 9.59 Å². The molecule has 0 bridgehead atoms. The fourth-order valence-corrected chi connectivity index (χ4v) is 2.46. The van der Waals surface area contributed by atoms with Gasteiger partial charge in [-0.25, -0.2) is 0 Å². The van der Waals surface area contributed by atoms with Crippen molar-refractivity contribution in [3.8, 4) is 0 Å². The summed E-state index contributed by atoms with van der Waals surface area (Å²) in [6.45, 7) is 1.96. The van der Waals surface area contributed by atoms with Crippen LogP contribution in [0.4, 0.5) is 0 Å². The zero-order chi connectivity index (χ0) is 11.8. The van der Waals surface area contributed by atoms with Gasteiger partial charge in [0.2, 0.25) is 0 Å². The molecule has 0 saturated heterocycles. The van der Waals surface area contributed by atoms with Crippen LogP contribution in [0.5, 0.6) is 0 Å². The highest BCUT2D eigenvalue weighted by molar-refractivity contribution is 6.30. The van der Waals surface area contributed by atoms with Gasteiger partial charge in [0.1, 0.15) is 11.6 Å². The zero-order valence-corrected chi connectivity index (χ0v) is 9.88. The van der Waals surface area contributed by atoms with Gasteiger partial charge in [0, 0.05) is 23.3 Å². The molecular weight excluding hydrogens is 224 g/mol. The van der Waals surface area contributed by atoms with E-state index in [4.69, 9.17) is 11.6 Å². The minimum Gasteiger partial charge on any atom is -0.299 e. The van der Waals surface area contributed by atoms with Gasteiger partial charge in [0.05, 0.1) is 6.42 Å². The Morgan fingerprint density at radius 3 is 2.06 bits per heavy atom. The smallest absolute Gasteiger partial charge is 0.141 e. The van der Waals surface area contributed by atoms with Crippen molar-refractivity contribution in [1.29, 1.82) is 0 Å². The van der Waals surface area contributed by atoms with E-state index in [1.165, 1.54) is 0 Å². The van der Waals surface area contributed by atoms with E-state index >= 15 is 0 Å². The number of hydrogen-bond acceptors (Lipinski definition) is 2. The van der Waals surface area contributed by atoms with Crippen molar-refractivity contribution >= 4 is 23.2 Å². The van der Waals surface area contributed by atoms with Gasteiger partial charge in [-0.05, 0) is 17.7 Å². The molecule has 0 aromatic heterocycles. The molecular formula is C13H13ClO2. The van der Waals surface area contributed by atoms with Gasteiger partial charge in [-0.2, -0.15) is 0 Å². The monoisotopic (exact) mass is 236 g/mol. The third-order valence-corrected chi connectivity index (χ3v) is 3.36. The summed E-state index contributed by atoms with van der Waals surface area (Å²) in [5, 5.41) is 0.667. The first-order valence-corrected chi connectivity index (χ1v) is 5.67. The molecule has 0 aliphatic heterocycles. The molecule has 1 fully saturated rings. The Hall–Kier alpha value is -1.15. The first-order chi connectivity index (χ1) is 7.49. The van der Waals surface area contributed by atoms with Gasteiger partial charge in [-0.1, -0.05) is 30.7 Å². The number of carbonyl (C=O) groups excluding carboxylic acids is 2. The summed E-state index contributed by atoms with van der Waals surface area (Å²) in [5.41, 5.74) is 0.662. The van der Waals surface area contributed by atoms with Crippen molar-refractivity contribution in [1.82, 2.24) is 0 Å². The second kappa shape index (κ2) is 4.02. The van der Waals surface area contributed by atoms with E-state index in [1.54, 1.807) is 12.1 Å². The van der Waals surface area contributed by atoms with E-state index in [0.29, 0.717) is 17.9 Å². The fraction of sp³-hybridized carbons (Fsp3) is 0.385. The second-order valence-electron chi connectivity index (χ2n) is 4.68. The highest BCUT2D eigenvalue weighted by Crippen LogP contribution is 2.36. The van der Waals surface area contributed by atoms with Gasteiger partial charge >= 0.3 is 0 Å². The molecule has 0 N–H and O–H groups in total. The lowest BCUT2D eigenvalue weighted by Crippen LogP contribution is -2.34. The molecule has 1 aliphatic rings.